The molecule has 0 aromatic rings. The van der Waals surface area contributed by atoms with Crippen molar-refractivity contribution in [2.75, 3.05) is 0 Å². The molecule has 0 radical (unpaired) electrons. The first-order valence-electron chi connectivity index (χ1n) is 7.27. The highest BCUT2D eigenvalue weighted by Crippen LogP contribution is 2.38. The molecule has 0 unspecified atom stereocenters. The van der Waals surface area contributed by atoms with Crippen LogP contribution in [0.2, 0.25) is 0 Å². The van der Waals surface area contributed by atoms with Gasteiger partial charge in [0.15, 0.2) is 0 Å². The van der Waals surface area contributed by atoms with E-state index in [0.717, 1.165) is 12.8 Å². The second kappa shape index (κ2) is 6.55. The van der Waals surface area contributed by atoms with E-state index in [1.54, 1.807) is 0 Å². The summed E-state index contributed by atoms with van der Waals surface area (Å²) in [4.78, 5) is 0. The Morgan fingerprint density at radius 3 is 2.18 bits per heavy atom. The summed E-state index contributed by atoms with van der Waals surface area (Å²) in [6, 6.07) is 0. The quantitative estimate of drug-likeness (QED) is 0.328. The molecule has 2 heterocycles. The molecule has 0 N–H and O–H groups in total. The third-order valence-corrected chi connectivity index (χ3v) is 3.83. The fraction of sp³-hybridized carbons (Fsp3) is 0.867. The number of hydrogen-bond acceptors (Lipinski definition) is 2. The maximum absolute atomic E-state index is 5.69. The molecule has 0 aromatic heterocycles. The van der Waals surface area contributed by atoms with E-state index in [1.807, 2.05) is 6.08 Å². The van der Waals surface area contributed by atoms with E-state index >= 15 is 0 Å². The Bertz CT molecular complexity index is 239. The molecule has 0 spiro atoms. The second-order valence-corrected chi connectivity index (χ2v) is 5.38. The van der Waals surface area contributed by atoms with E-state index in [2.05, 4.69) is 13.5 Å². The van der Waals surface area contributed by atoms with Crippen LogP contribution < -0.4 is 0 Å². The predicted octanol–water partition coefficient (Wildman–Crippen LogP) is 3.85. The molecule has 2 heteroatoms. The third-order valence-electron chi connectivity index (χ3n) is 3.83. The van der Waals surface area contributed by atoms with Crippen LogP contribution in [0, 0.1) is 0 Å². The Balaban J connectivity index is 1.46. The van der Waals surface area contributed by atoms with Crippen LogP contribution in [-0.4, -0.2) is 24.4 Å². The molecule has 2 nitrogen and oxygen atoms in total. The SMILES string of the molecule is C=CCCC[C@H]1O[C@H]1C[C@H]1O[C@H]1CCCCC. The van der Waals surface area contributed by atoms with Crippen LogP contribution in [-0.2, 0) is 9.47 Å². The van der Waals surface area contributed by atoms with E-state index in [4.69, 9.17) is 9.47 Å². The lowest BCUT2D eigenvalue weighted by atomic mass is 10.1. The van der Waals surface area contributed by atoms with Gasteiger partial charge in [0.2, 0.25) is 0 Å². The van der Waals surface area contributed by atoms with Crippen LogP contribution in [0.1, 0.15) is 58.3 Å². The summed E-state index contributed by atoms with van der Waals surface area (Å²) < 4.78 is 11.4. The predicted molar refractivity (Wildman–Crippen MR) is 70.1 cm³/mol. The van der Waals surface area contributed by atoms with Gasteiger partial charge in [-0.3, -0.25) is 0 Å². The van der Waals surface area contributed by atoms with E-state index in [9.17, 15) is 0 Å². The summed E-state index contributed by atoms with van der Waals surface area (Å²) in [6.45, 7) is 5.99. The van der Waals surface area contributed by atoms with E-state index < -0.39 is 0 Å². The lowest BCUT2D eigenvalue weighted by Gasteiger charge is -1.94. The molecule has 2 aliphatic rings. The standard InChI is InChI=1S/C15H26O2/c1-3-5-7-9-12-14(16-12)11-15-13(17-15)10-8-6-4-2/h3,12-15H,1,4-11H2,2H3/t12-,13+,14+,15-/m1/s1. The zero-order chi connectivity index (χ0) is 12.1. The first-order chi connectivity index (χ1) is 8.35. The van der Waals surface area contributed by atoms with Gasteiger partial charge in [0.25, 0.3) is 0 Å². The van der Waals surface area contributed by atoms with Crippen molar-refractivity contribution in [2.24, 2.45) is 0 Å². The van der Waals surface area contributed by atoms with Gasteiger partial charge in [-0.25, -0.2) is 0 Å². The van der Waals surface area contributed by atoms with Gasteiger partial charge >= 0.3 is 0 Å². The maximum atomic E-state index is 5.69. The monoisotopic (exact) mass is 238 g/mol. The van der Waals surface area contributed by atoms with Crippen molar-refractivity contribution in [3.05, 3.63) is 12.7 Å². The molecule has 0 saturated carbocycles. The first kappa shape index (κ1) is 13.1. The molecule has 4 atom stereocenters. The molecule has 98 valence electrons. The van der Waals surface area contributed by atoms with Crippen molar-refractivity contribution in [1.29, 1.82) is 0 Å². The van der Waals surface area contributed by atoms with Gasteiger partial charge < -0.3 is 9.47 Å². The molecule has 0 aliphatic carbocycles. The molecule has 2 aliphatic heterocycles. The number of hydrogen-bond donors (Lipinski definition) is 0. The van der Waals surface area contributed by atoms with Gasteiger partial charge in [0.05, 0.1) is 24.4 Å². The van der Waals surface area contributed by atoms with Crippen molar-refractivity contribution in [1.82, 2.24) is 0 Å². The van der Waals surface area contributed by atoms with Gasteiger partial charge in [-0.1, -0.05) is 32.3 Å². The minimum atomic E-state index is 0.501. The second-order valence-electron chi connectivity index (χ2n) is 5.38. The summed E-state index contributed by atoms with van der Waals surface area (Å²) in [5, 5.41) is 0. The lowest BCUT2D eigenvalue weighted by Crippen LogP contribution is -2.02. The zero-order valence-electron chi connectivity index (χ0n) is 11.1. The summed E-state index contributed by atoms with van der Waals surface area (Å²) in [6.07, 6.45) is 14.0. The summed E-state index contributed by atoms with van der Waals surface area (Å²) in [7, 11) is 0. The van der Waals surface area contributed by atoms with Gasteiger partial charge in [-0.15, -0.1) is 6.58 Å². The Hall–Kier alpha value is -0.340. The smallest absolute Gasteiger partial charge is 0.0867 e. The minimum absolute atomic E-state index is 0.501. The molecule has 2 fully saturated rings. The Labute approximate surface area is 105 Å². The van der Waals surface area contributed by atoms with Crippen molar-refractivity contribution < 1.29 is 9.47 Å². The van der Waals surface area contributed by atoms with Crippen molar-refractivity contribution >= 4 is 0 Å². The first-order valence-corrected chi connectivity index (χ1v) is 7.27. The number of rotatable bonds is 10. The normalized spacial score (nSPS) is 34.6. The van der Waals surface area contributed by atoms with E-state index in [-0.39, 0.29) is 0 Å². The fourth-order valence-electron chi connectivity index (χ4n) is 2.57. The largest absolute Gasteiger partial charge is 0.369 e. The molecular formula is C15H26O2. The van der Waals surface area contributed by atoms with Gasteiger partial charge in [-0.2, -0.15) is 0 Å². The highest BCUT2D eigenvalue weighted by Gasteiger charge is 2.47. The van der Waals surface area contributed by atoms with Gasteiger partial charge in [-0.05, 0) is 25.7 Å². The number of ether oxygens (including phenoxy) is 2. The Morgan fingerprint density at radius 2 is 1.59 bits per heavy atom. The number of epoxide rings is 2. The molecule has 0 amide bonds. The average molecular weight is 238 g/mol. The van der Waals surface area contributed by atoms with Crippen LogP contribution in [0.15, 0.2) is 12.7 Å². The summed E-state index contributed by atoms with van der Waals surface area (Å²) >= 11 is 0. The van der Waals surface area contributed by atoms with Crippen molar-refractivity contribution in [3.8, 4) is 0 Å². The average Bonchev–Trinajstić information content (AvgIpc) is 3.21. The van der Waals surface area contributed by atoms with Crippen LogP contribution in [0.3, 0.4) is 0 Å². The number of unbranched alkanes of at least 4 members (excludes halogenated alkanes) is 3. The molecule has 0 aromatic carbocycles. The lowest BCUT2D eigenvalue weighted by molar-refractivity contribution is 0.318. The summed E-state index contributed by atoms with van der Waals surface area (Å²) in [5.41, 5.74) is 0. The van der Waals surface area contributed by atoms with Crippen LogP contribution in [0.25, 0.3) is 0 Å². The van der Waals surface area contributed by atoms with Crippen LogP contribution in [0.5, 0.6) is 0 Å². The fourth-order valence-corrected chi connectivity index (χ4v) is 2.57. The Morgan fingerprint density at radius 1 is 0.941 bits per heavy atom. The minimum Gasteiger partial charge on any atom is -0.369 e. The van der Waals surface area contributed by atoms with E-state index in [0.29, 0.717) is 24.4 Å². The van der Waals surface area contributed by atoms with E-state index in [1.165, 1.54) is 38.5 Å². The molecule has 17 heavy (non-hydrogen) atoms. The van der Waals surface area contributed by atoms with Crippen LogP contribution in [0.4, 0.5) is 0 Å². The van der Waals surface area contributed by atoms with Gasteiger partial charge in [0.1, 0.15) is 0 Å². The highest BCUT2D eigenvalue weighted by molar-refractivity contribution is 4.94. The maximum Gasteiger partial charge on any atom is 0.0867 e. The zero-order valence-corrected chi connectivity index (χ0v) is 11.1. The van der Waals surface area contributed by atoms with Crippen molar-refractivity contribution in [2.45, 2.75) is 82.7 Å². The summed E-state index contributed by atoms with van der Waals surface area (Å²) in [5.74, 6) is 0. The van der Waals surface area contributed by atoms with Gasteiger partial charge in [0, 0.05) is 6.42 Å². The third kappa shape index (κ3) is 4.44. The molecule has 0 bridgehead atoms. The molecule has 2 rings (SSSR count). The number of allylic oxidation sites excluding steroid dienone is 1. The molecule has 2 saturated heterocycles. The highest BCUT2D eigenvalue weighted by atomic mass is 16.6. The van der Waals surface area contributed by atoms with Crippen molar-refractivity contribution in [3.63, 3.8) is 0 Å². The topological polar surface area (TPSA) is 25.1 Å². The molecular weight excluding hydrogens is 212 g/mol. The Kier molecular flexibility index (Phi) is 5.05. The van der Waals surface area contributed by atoms with Crippen LogP contribution >= 0.6 is 0 Å².